The minimum Gasteiger partial charge on any atom is -0.402 e. The van der Waals surface area contributed by atoms with E-state index in [0.29, 0.717) is 22.0 Å². The molecule has 2 atom stereocenters. The number of aliphatic hydroxyl groups excluding tert-OH is 1. The summed E-state index contributed by atoms with van der Waals surface area (Å²) in [6, 6.07) is 6.71. The number of aromatic nitrogens is 5. The maximum absolute atomic E-state index is 15.0. The fourth-order valence-electron chi connectivity index (χ4n) is 3.78. The van der Waals surface area contributed by atoms with Gasteiger partial charge in [-0.25, -0.2) is 36.6 Å². The van der Waals surface area contributed by atoms with Gasteiger partial charge in [-0.05, 0) is 29.5 Å². The summed E-state index contributed by atoms with van der Waals surface area (Å²) >= 11 is 0. The van der Waals surface area contributed by atoms with Crippen molar-refractivity contribution >= 4 is 19.6 Å². The van der Waals surface area contributed by atoms with Gasteiger partial charge in [0, 0.05) is 17.3 Å². The van der Waals surface area contributed by atoms with Crippen LogP contribution in [0.15, 0.2) is 36.5 Å². The fourth-order valence-corrected chi connectivity index (χ4v) is 5.47. The second-order valence-electron chi connectivity index (χ2n) is 7.21. The quantitative estimate of drug-likeness (QED) is 0.545. The highest BCUT2D eigenvalue weighted by Crippen LogP contribution is 2.81. The Kier molecular flexibility index (Phi) is 3.91. The summed E-state index contributed by atoms with van der Waals surface area (Å²) in [5.41, 5.74) is 0.755. The summed E-state index contributed by atoms with van der Waals surface area (Å²) in [6.07, 6.45) is -2.83. The third kappa shape index (κ3) is 2.59. The molecular formula is C17H11F2N6O7P. The predicted molar refractivity (Wildman–Crippen MR) is 99.8 cm³/mol. The smallest absolute Gasteiger partial charge is 0.402 e. The number of aliphatic hydroxyl groups is 1. The van der Waals surface area contributed by atoms with Gasteiger partial charge in [0.2, 0.25) is 5.82 Å². The van der Waals surface area contributed by atoms with E-state index in [4.69, 9.17) is 18.3 Å². The molecule has 3 aromatic rings. The number of halogens is 2. The van der Waals surface area contributed by atoms with E-state index in [1.807, 2.05) is 0 Å². The maximum Gasteiger partial charge on any atom is 0.487 e. The molecule has 2 bridgehead atoms. The molecule has 4 fully saturated rings. The second-order valence-corrected chi connectivity index (χ2v) is 8.65. The lowest BCUT2D eigenvalue weighted by Gasteiger charge is -2.38. The fraction of sp³-hybridized carbons (Fsp3) is 0.235. The molecule has 0 saturated carbocycles. The van der Waals surface area contributed by atoms with Crippen molar-refractivity contribution in [2.24, 2.45) is 7.05 Å². The van der Waals surface area contributed by atoms with Crippen LogP contribution in [0.2, 0.25) is 0 Å². The first kappa shape index (κ1) is 20.3. The van der Waals surface area contributed by atoms with Crippen molar-refractivity contribution in [3.63, 3.8) is 0 Å². The molecule has 33 heavy (non-hydrogen) atoms. The number of carbonyl (C=O) groups excluding carboxylic acids is 1. The number of hydrogen-bond acceptors (Lipinski definition) is 11. The van der Waals surface area contributed by atoms with Crippen molar-refractivity contribution in [1.29, 1.82) is 0 Å². The van der Waals surface area contributed by atoms with Crippen LogP contribution in [-0.2, 0) is 29.9 Å². The number of pyridine rings is 1. The summed E-state index contributed by atoms with van der Waals surface area (Å²) in [7, 11) is -2.62. The molecule has 16 heteroatoms. The second kappa shape index (κ2) is 6.36. The van der Waals surface area contributed by atoms with Gasteiger partial charge in [0.05, 0.1) is 12.7 Å². The SMILES string of the molecule is Cn1nnc(-c2ccc(-c3ccc(N4C(=O)O[C@@]5([C@H](O)F)OP6(=O)OC45O6)cc3F)cn2)n1. The van der Waals surface area contributed by atoms with E-state index in [0.717, 1.165) is 6.07 Å². The van der Waals surface area contributed by atoms with Crippen LogP contribution in [0.1, 0.15) is 0 Å². The van der Waals surface area contributed by atoms with Crippen molar-refractivity contribution < 1.29 is 41.6 Å². The molecule has 0 aliphatic carbocycles. The van der Waals surface area contributed by atoms with E-state index in [1.165, 1.54) is 23.1 Å². The first-order chi connectivity index (χ1) is 15.7. The summed E-state index contributed by atoms with van der Waals surface area (Å²) in [5, 5.41) is 21.1. The van der Waals surface area contributed by atoms with Crippen LogP contribution >= 0.6 is 7.82 Å². The van der Waals surface area contributed by atoms with Crippen molar-refractivity contribution in [1.82, 2.24) is 25.2 Å². The van der Waals surface area contributed by atoms with Gasteiger partial charge in [-0.2, -0.15) is 4.80 Å². The summed E-state index contributed by atoms with van der Waals surface area (Å²) < 4.78 is 60.6. The van der Waals surface area contributed by atoms with Crippen molar-refractivity contribution in [2.45, 2.75) is 18.1 Å². The Balaban J connectivity index is 1.34. The lowest BCUT2D eigenvalue weighted by atomic mass is 10.1. The summed E-state index contributed by atoms with van der Waals surface area (Å²) in [6.45, 7) is 0. The number of ether oxygens (including phenoxy) is 1. The first-order valence-corrected chi connectivity index (χ1v) is 10.7. The maximum atomic E-state index is 15.0. The van der Waals surface area contributed by atoms with Gasteiger partial charge in [0.25, 0.3) is 6.36 Å². The predicted octanol–water partition coefficient (Wildman–Crippen LogP) is 1.86. The number of alkyl halides is 1. The van der Waals surface area contributed by atoms with Gasteiger partial charge in [-0.15, -0.1) is 10.2 Å². The van der Waals surface area contributed by atoms with E-state index >= 15 is 4.39 Å². The molecule has 1 amide bonds. The van der Waals surface area contributed by atoms with Crippen molar-refractivity contribution in [3.05, 3.63) is 42.3 Å². The van der Waals surface area contributed by atoms with Crippen LogP contribution in [0, 0.1) is 5.82 Å². The Morgan fingerprint density at radius 3 is 2.61 bits per heavy atom. The molecule has 0 unspecified atom stereocenters. The van der Waals surface area contributed by atoms with E-state index in [-0.39, 0.29) is 11.3 Å². The van der Waals surface area contributed by atoms with Crippen LogP contribution in [0.5, 0.6) is 0 Å². The standard InChI is InChI=1S/C17H11F2N6O7P/c1-24-22-13(21-23-24)12-5-2-8(7-20-12)10-4-3-9(6-11(10)18)25-15(27)29-16(14(19)26)17(25)31-33(28,30-16)32-17/h2-7,14,26H,1H3/t14-,16-,17?,33?/m0/s1. The summed E-state index contributed by atoms with van der Waals surface area (Å²) in [5.74, 6) is -5.83. The molecule has 6 heterocycles. The number of nitrogens with zero attached hydrogens (tertiary/aromatic N) is 6. The zero-order valence-electron chi connectivity index (χ0n) is 16.3. The molecule has 2 aromatic heterocycles. The largest absolute Gasteiger partial charge is 0.487 e. The molecular weight excluding hydrogens is 469 g/mol. The summed E-state index contributed by atoms with van der Waals surface area (Å²) in [4.78, 5) is 18.5. The number of phosphoric ester groups is 1. The zero-order valence-corrected chi connectivity index (χ0v) is 17.2. The third-order valence-corrected chi connectivity index (χ3v) is 6.65. The number of anilines is 1. The van der Waals surface area contributed by atoms with Crippen LogP contribution in [0.3, 0.4) is 0 Å². The molecule has 1 spiro atoms. The Morgan fingerprint density at radius 1 is 1.21 bits per heavy atom. The zero-order chi connectivity index (χ0) is 23.2. The van der Waals surface area contributed by atoms with E-state index in [1.54, 1.807) is 19.2 Å². The highest BCUT2D eigenvalue weighted by atomic mass is 31.2. The molecule has 4 aliphatic rings. The van der Waals surface area contributed by atoms with Gasteiger partial charge < -0.3 is 9.84 Å². The highest BCUT2D eigenvalue weighted by Gasteiger charge is 2.92. The molecule has 0 radical (unpaired) electrons. The van der Waals surface area contributed by atoms with Crippen LogP contribution < -0.4 is 4.90 Å². The molecule has 1 N–H and O–H groups in total. The molecule has 13 nitrogen and oxygen atoms in total. The third-order valence-electron chi connectivity index (χ3n) is 5.21. The van der Waals surface area contributed by atoms with E-state index in [2.05, 4.69) is 20.4 Å². The number of phosphoric acid groups is 1. The van der Waals surface area contributed by atoms with Gasteiger partial charge in [-0.1, -0.05) is 6.07 Å². The minimum atomic E-state index is -4.23. The first-order valence-electron chi connectivity index (χ1n) is 9.24. The Hall–Kier alpha value is -3.36. The average molecular weight is 480 g/mol. The van der Waals surface area contributed by atoms with Gasteiger partial charge in [-0.3, -0.25) is 4.98 Å². The van der Waals surface area contributed by atoms with Crippen LogP contribution in [0.4, 0.5) is 19.3 Å². The van der Waals surface area contributed by atoms with Crippen LogP contribution in [0.25, 0.3) is 22.6 Å². The topological polar surface area (TPSA) is 151 Å². The van der Waals surface area contributed by atoms with Crippen molar-refractivity contribution in [2.75, 3.05) is 4.90 Å². The van der Waals surface area contributed by atoms with Crippen LogP contribution in [-0.4, -0.2) is 54.4 Å². The van der Waals surface area contributed by atoms with Gasteiger partial charge in [0.1, 0.15) is 11.5 Å². The number of amides is 1. The Bertz CT molecular complexity index is 1360. The molecule has 7 rings (SSSR count). The molecule has 1 aromatic carbocycles. The number of aryl methyl sites for hydroxylation is 1. The number of tetrazole rings is 1. The average Bonchev–Trinajstić information content (AvgIpc) is 3.41. The molecule has 4 saturated heterocycles. The van der Waals surface area contributed by atoms with E-state index < -0.39 is 37.8 Å². The Morgan fingerprint density at radius 2 is 2.00 bits per heavy atom. The monoisotopic (exact) mass is 480 g/mol. The van der Waals surface area contributed by atoms with Gasteiger partial charge >= 0.3 is 25.6 Å². The minimum absolute atomic E-state index is 0.121. The highest BCUT2D eigenvalue weighted by molar-refractivity contribution is 7.50. The van der Waals surface area contributed by atoms with E-state index in [9.17, 15) is 18.9 Å². The Labute approximate surface area is 182 Å². The molecule has 170 valence electrons. The number of rotatable bonds is 4. The number of carbonyl (C=O) groups is 1. The lowest BCUT2D eigenvalue weighted by molar-refractivity contribution is -0.305. The lowest BCUT2D eigenvalue weighted by Crippen LogP contribution is -2.63. The number of benzene rings is 1. The van der Waals surface area contributed by atoms with Gasteiger partial charge in [0.15, 0.2) is 0 Å². The normalized spacial score (nSPS) is 30.7. The van der Waals surface area contributed by atoms with Crippen molar-refractivity contribution in [3.8, 4) is 22.6 Å². The molecule has 4 aliphatic heterocycles. The number of hydrogen-bond donors (Lipinski definition) is 1.